The Labute approximate surface area is 178 Å². The molecule has 0 aliphatic carbocycles. The van der Waals surface area contributed by atoms with Crippen LogP contribution in [0, 0.1) is 6.92 Å². The molecule has 0 aliphatic heterocycles. The van der Waals surface area contributed by atoms with E-state index in [9.17, 15) is 14.7 Å². The second kappa shape index (κ2) is 10.7. The number of aromatic nitrogens is 2. The normalized spacial score (nSPS) is 11.4. The molecule has 0 amide bonds. The van der Waals surface area contributed by atoms with Gasteiger partial charge in [0.25, 0.3) is 0 Å². The number of nitrogens with zero attached hydrogens (tertiary/aromatic N) is 2. The van der Waals surface area contributed by atoms with Crippen LogP contribution in [0.4, 0.5) is 5.95 Å². The summed E-state index contributed by atoms with van der Waals surface area (Å²) < 4.78 is 4.95. The number of anilines is 1. The SMILES string of the molecule is CCOC(=O)c1cnc(NC(=S)N[C@H](CC(=O)O)c2ccc(SC)cc2)nc1C. The summed E-state index contributed by atoms with van der Waals surface area (Å²) in [4.78, 5) is 32.5. The number of rotatable bonds is 8. The zero-order valence-electron chi connectivity index (χ0n) is 16.3. The minimum absolute atomic E-state index is 0.151. The molecule has 1 heterocycles. The molecule has 2 aromatic rings. The van der Waals surface area contributed by atoms with Crippen molar-refractivity contribution in [1.82, 2.24) is 15.3 Å². The van der Waals surface area contributed by atoms with Gasteiger partial charge >= 0.3 is 11.9 Å². The fourth-order valence-corrected chi connectivity index (χ4v) is 3.14. The van der Waals surface area contributed by atoms with E-state index in [2.05, 4.69) is 20.6 Å². The van der Waals surface area contributed by atoms with E-state index in [1.54, 1.807) is 25.6 Å². The van der Waals surface area contributed by atoms with Crippen LogP contribution in [-0.4, -0.2) is 45.0 Å². The van der Waals surface area contributed by atoms with E-state index in [0.717, 1.165) is 10.5 Å². The Balaban J connectivity index is 2.10. The molecule has 0 unspecified atom stereocenters. The molecule has 8 nitrogen and oxygen atoms in total. The van der Waals surface area contributed by atoms with Crippen LogP contribution in [0.2, 0.25) is 0 Å². The lowest BCUT2D eigenvalue weighted by molar-refractivity contribution is -0.137. The van der Waals surface area contributed by atoms with E-state index in [4.69, 9.17) is 17.0 Å². The smallest absolute Gasteiger partial charge is 0.341 e. The Kier molecular flexibility index (Phi) is 8.34. The maximum absolute atomic E-state index is 11.8. The Hall–Kier alpha value is -2.72. The molecule has 0 spiro atoms. The molecule has 1 aromatic heterocycles. The summed E-state index contributed by atoms with van der Waals surface area (Å²) >= 11 is 6.89. The number of thiocarbonyl (C=S) groups is 1. The number of carboxylic acid groups (broad SMARTS) is 1. The van der Waals surface area contributed by atoms with E-state index in [1.807, 2.05) is 30.5 Å². The molecular formula is C19H22N4O4S2. The molecule has 3 N–H and O–H groups in total. The summed E-state index contributed by atoms with van der Waals surface area (Å²) in [6.07, 6.45) is 3.18. The van der Waals surface area contributed by atoms with Gasteiger partial charge in [-0.1, -0.05) is 12.1 Å². The maximum atomic E-state index is 11.8. The van der Waals surface area contributed by atoms with Crippen molar-refractivity contribution in [2.75, 3.05) is 18.2 Å². The number of benzene rings is 1. The number of carboxylic acids is 1. The highest BCUT2D eigenvalue weighted by molar-refractivity contribution is 7.98. The Bertz CT molecular complexity index is 890. The third kappa shape index (κ3) is 6.68. The molecule has 2 rings (SSSR count). The van der Waals surface area contributed by atoms with Crippen molar-refractivity contribution in [2.45, 2.75) is 31.2 Å². The van der Waals surface area contributed by atoms with E-state index in [0.29, 0.717) is 5.69 Å². The van der Waals surface area contributed by atoms with Crippen LogP contribution >= 0.6 is 24.0 Å². The highest BCUT2D eigenvalue weighted by Gasteiger charge is 2.18. The van der Waals surface area contributed by atoms with Gasteiger partial charge in [-0.25, -0.2) is 14.8 Å². The van der Waals surface area contributed by atoms with Crippen LogP contribution in [0.1, 0.15) is 41.0 Å². The molecule has 0 saturated carbocycles. The minimum atomic E-state index is -0.954. The number of hydrogen-bond donors (Lipinski definition) is 3. The van der Waals surface area contributed by atoms with Crippen molar-refractivity contribution in [3.05, 3.63) is 47.3 Å². The number of hydrogen-bond acceptors (Lipinski definition) is 7. The number of thioether (sulfide) groups is 1. The summed E-state index contributed by atoms with van der Waals surface area (Å²) in [6, 6.07) is 7.05. The van der Waals surface area contributed by atoms with Gasteiger partial charge in [0.15, 0.2) is 5.11 Å². The Morgan fingerprint density at radius 1 is 1.31 bits per heavy atom. The zero-order valence-corrected chi connectivity index (χ0v) is 17.9. The first-order chi connectivity index (χ1) is 13.8. The summed E-state index contributed by atoms with van der Waals surface area (Å²) in [5, 5.41) is 15.2. The first-order valence-corrected chi connectivity index (χ1v) is 10.4. The second-order valence-electron chi connectivity index (χ2n) is 5.94. The number of aliphatic carboxylic acids is 1. The van der Waals surface area contributed by atoms with E-state index in [1.165, 1.54) is 6.20 Å². The fourth-order valence-electron chi connectivity index (χ4n) is 2.50. The average molecular weight is 435 g/mol. The first-order valence-electron chi connectivity index (χ1n) is 8.78. The molecule has 0 fully saturated rings. The minimum Gasteiger partial charge on any atom is -0.481 e. The van der Waals surface area contributed by atoms with Crippen LogP contribution in [0.15, 0.2) is 35.4 Å². The molecule has 0 aliphatic rings. The number of carbonyl (C=O) groups excluding carboxylic acids is 1. The molecule has 0 saturated heterocycles. The topological polar surface area (TPSA) is 113 Å². The molecule has 0 bridgehead atoms. The van der Waals surface area contributed by atoms with Crippen LogP contribution in [-0.2, 0) is 9.53 Å². The molecule has 10 heteroatoms. The average Bonchev–Trinajstić information content (AvgIpc) is 2.67. The molecule has 1 aromatic carbocycles. The van der Waals surface area contributed by atoms with E-state index >= 15 is 0 Å². The van der Waals surface area contributed by atoms with Crippen molar-refractivity contribution < 1.29 is 19.4 Å². The quantitative estimate of drug-likeness (QED) is 0.325. The third-order valence-corrected chi connectivity index (χ3v) is 4.87. The van der Waals surface area contributed by atoms with E-state index in [-0.39, 0.29) is 29.7 Å². The van der Waals surface area contributed by atoms with Gasteiger partial charge in [0.05, 0.1) is 30.3 Å². The third-order valence-electron chi connectivity index (χ3n) is 3.90. The van der Waals surface area contributed by atoms with Crippen LogP contribution in [0.3, 0.4) is 0 Å². The van der Waals surface area contributed by atoms with Gasteiger partial charge in [-0.15, -0.1) is 11.8 Å². The van der Waals surface area contributed by atoms with Crippen molar-refractivity contribution >= 4 is 47.0 Å². The largest absolute Gasteiger partial charge is 0.481 e. The molecule has 0 radical (unpaired) electrons. The Morgan fingerprint density at radius 3 is 2.55 bits per heavy atom. The molecule has 1 atom stereocenters. The standard InChI is InChI=1S/C19H22N4O4S2/c1-4-27-17(26)14-10-20-18(21-11(14)2)23-19(28)22-15(9-16(24)25)12-5-7-13(29-3)8-6-12/h5-8,10,15H,4,9H2,1-3H3,(H,24,25)(H2,20,21,22,23,28)/t15-/m1/s1. The summed E-state index contributed by atoms with van der Waals surface area (Å²) in [7, 11) is 0. The molecular weight excluding hydrogens is 412 g/mol. The lowest BCUT2D eigenvalue weighted by Gasteiger charge is -2.20. The number of aryl methyl sites for hydroxylation is 1. The fraction of sp³-hybridized carbons (Fsp3) is 0.316. The molecule has 29 heavy (non-hydrogen) atoms. The number of ether oxygens (including phenoxy) is 1. The van der Waals surface area contributed by atoms with Crippen LogP contribution in [0.5, 0.6) is 0 Å². The van der Waals surface area contributed by atoms with Gasteiger partial charge < -0.3 is 20.5 Å². The lowest BCUT2D eigenvalue weighted by Crippen LogP contribution is -2.34. The monoisotopic (exact) mass is 434 g/mol. The van der Waals surface area contributed by atoms with Gasteiger partial charge in [-0.3, -0.25) is 4.79 Å². The van der Waals surface area contributed by atoms with Crippen molar-refractivity contribution in [2.24, 2.45) is 0 Å². The summed E-state index contributed by atoms with van der Waals surface area (Å²) in [5.74, 6) is -1.25. The number of carbonyl (C=O) groups is 2. The van der Waals surface area contributed by atoms with Gasteiger partial charge in [-0.05, 0) is 50.0 Å². The molecule has 154 valence electrons. The summed E-state index contributed by atoms with van der Waals surface area (Å²) in [6.45, 7) is 3.64. The van der Waals surface area contributed by atoms with Gasteiger partial charge in [-0.2, -0.15) is 0 Å². The lowest BCUT2D eigenvalue weighted by atomic mass is 10.0. The Morgan fingerprint density at radius 2 is 2.00 bits per heavy atom. The van der Waals surface area contributed by atoms with Crippen molar-refractivity contribution in [3.63, 3.8) is 0 Å². The van der Waals surface area contributed by atoms with Crippen LogP contribution < -0.4 is 10.6 Å². The predicted molar refractivity (Wildman–Crippen MR) is 115 cm³/mol. The van der Waals surface area contributed by atoms with Gasteiger partial charge in [0.2, 0.25) is 5.95 Å². The van der Waals surface area contributed by atoms with E-state index < -0.39 is 18.0 Å². The van der Waals surface area contributed by atoms with Gasteiger partial charge in [0.1, 0.15) is 0 Å². The van der Waals surface area contributed by atoms with Gasteiger partial charge in [0, 0.05) is 11.1 Å². The van der Waals surface area contributed by atoms with Crippen molar-refractivity contribution in [1.29, 1.82) is 0 Å². The van der Waals surface area contributed by atoms with Crippen molar-refractivity contribution in [3.8, 4) is 0 Å². The first kappa shape index (κ1) is 22.6. The summed E-state index contributed by atoms with van der Waals surface area (Å²) in [5.41, 5.74) is 1.51. The highest BCUT2D eigenvalue weighted by atomic mass is 32.2. The maximum Gasteiger partial charge on any atom is 0.341 e. The predicted octanol–water partition coefficient (Wildman–Crippen LogP) is 3.19. The second-order valence-corrected chi connectivity index (χ2v) is 7.22. The van der Waals surface area contributed by atoms with Crippen LogP contribution in [0.25, 0.3) is 0 Å². The highest BCUT2D eigenvalue weighted by Crippen LogP contribution is 2.21. The number of esters is 1. The number of nitrogens with one attached hydrogen (secondary N) is 2. The zero-order chi connectivity index (χ0) is 21.4.